The number of benzene rings is 2. The Morgan fingerprint density at radius 3 is 1.74 bits per heavy atom. The summed E-state index contributed by atoms with van der Waals surface area (Å²) in [5.41, 5.74) is 0.803. The van der Waals surface area contributed by atoms with Gasteiger partial charge in [-0.05, 0) is 83.7 Å². The van der Waals surface area contributed by atoms with Crippen LogP contribution in [0.15, 0.2) is 89.7 Å². The van der Waals surface area contributed by atoms with Crippen molar-refractivity contribution in [2.24, 2.45) is 0 Å². The second-order valence-corrected chi connectivity index (χ2v) is 7.20. The molecular formula is C21H16O4S2. The van der Waals surface area contributed by atoms with E-state index >= 15 is 0 Å². The summed E-state index contributed by atoms with van der Waals surface area (Å²) in [6, 6.07) is 13.8. The van der Waals surface area contributed by atoms with Gasteiger partial charge in [-0.3, -0.25) is 9.59 Å². The van der Waals surface area contributed by atoms with E-state index in [0.29, 0.717) is 5.75 Å². The minimum Gasteiger partial charge on any atom is -0.423 e. The van der Waals surface area contributed by atoms with Gasteiger partial charge < -0.3 is 4.74 Å². The van der Waals surface area contributed by atoms with Crippen molar-refractivity contribution in [3.63, 3.8) is 0 Å². The first-order chi connectivity index (χ1) is 13.0. The van der Waals surface area contributed by atoms with Crippen molar-refractivity contribution in [1.29, 1.82) is 0 Å². The summed E-state index contributed by atoms with van der Waals surface area (Å²) < 4.78 is 5.21. The van der Waals surface area contributed by atoms with E-state index in [1.807, 2.05) is 0 Å². The summed E-state index contributed by atoms with van der Waals surface area (Å²) in [6.07, 6.45) is 5.45. The van der Waals surface area contributed by atoms with Crippen LogP contribution in [-0.4, -0.2) is 16.2 Å². The third kappa shape index (κ3) is 7.13. The molecule has 136 valence electrons. The van der Waals surface area contributed by atoms with Crippen molar-refractivity contribution in [3.05, 3.63) is 85.5 Å². The Labute approximate surface area is 166 Å². The first-order valence-corrected chi connectivity index (χ1v) is 9.42. The van der Waals surface area contributed by atoms with E-state index in [2.05, 4.69) is 13.2 Å². The lowest BCUT2D eigenvalue weighted by Gasteiger charge is -2.03. The summed E-state index contributed by atoms with van der Waals surface area (Å²) >= 11 is 2.13. The van der Waals surface area contributed by atoms with Gasteiger partial charge in [0.25, 0.3) is 0 Å². The molecule has 0 saturated heterocycles. The number of hydrogen-bond donors (Lipinski definition) is 0. The van der Waals surface area contributed by atoms with Crippen LogP contribution in [0.5, 0.6) is 5.75 Å². The number of carbonyl (C=O) groups excluding carboxylic acids is 3. The predicted octanol–water partition coefficient (Wildman–Crippen LogP) is 4.91. The molecule has 0 aliphatic carbocycles. The Morgan fingerprint density at radius 1 is 0.778 bits per heavy atom. The van der Waals surface area contributed by atoms with Gasteiger partial charge in [-0.25, -0.2) is 4.79 Å². The lowest BCUT2D eigenvalue weighted by molar-refractivity contribution is -0.128. The van der Waals surface area contributed by atoms with E-state index in [1.54, 1.807) is 54.6 Å². The van der Waals surface area contributed by atoms with Crippen LogP contribution in [0, 0.1) is 0 Å². The van der Waals surface area contributed by atoms with Gasteiger partial charge in [0.05, 0.1) is 0 Å². The van der Waals surface area contributed by atoms with Crippen LogP contribution in [0.1, 0.15) is 5.56 Å². The fourth-order valence-corrected chi connectivity index (χ4v) is 3.03. The standard InChI is InChI=1S/C21H16O4S2/c1-3-20(23)26-17-10-5-15(6-11-17)7-14-19(22)25-16-8-12-18(13-9-16)27-21(24)4-2/h3-14H,1-2H2. The molecule has 0 unspecified atom stereocenters. The van der Waals surface area contributed by atoms with E-state index in [4.69, 9.17) is 4.74 Å². The number of carbonyl (C=O) groups is 3. The highest BCUT2D eigenvalue weighted by Gasteiger charge is 2.04. The first kappa shape index (κ1) is 20.5. The van der Waals surface area contributed by atoms with E-state index < -0.39 is 5.97 Å². The number of hydrogen-bond acceptors (Lipinski definition) is 6. The van der Waals surface area contributed by atoms with Gasteiger partial charge in [0.1, 0.15) is 5.75 Å². The molecule has 0 amide bonds. The summed E-state index contributed by atoms with van der Waals surface area (Å²) in [5.74, 6) is -0.132. The largest absolute Gasteiger partial charge is 0.423 e. The van der Waals surface area contributed by atoms with Crippen LogP contribution in [-0.2, 0) is 14.4 Å². The maximum Gasteiger partial charge on any atom is 0.336 e. The predicted molar refractivity (Wildman–Crippen MR) is 110 cm³/mol. The van der Waals surface area contributed by atoms with E-state index in [0.717, 1.165) is 38.9 Å². The molecule has 2 rings (SSSR count). The zero-order valence-corrected chi connectivity index (χ0v) is 15.9. The molecule has 2 aromatic rings. The zero-order valence-electron chi connectivity index (χ0n) is 14.3. The molecule has 0 aliphatic rings. The van der Waals surface area contributed by atoms with Crippen LogP contribution >= 0.6 is 23.5 Å². The Balaban J connectivity index is 1.91. The molecule has 2 aromatic carbocycles. The monoisotopic (exact) mass is 396 g/mol. The molecule has 0 aliphatic heterocycles. The molecule has 6 heteroatoms. The van der Waals surface area contributed by atoms with Gasteiger partial charge in [0, 0.05) is 15.9 Å². The average molecular weight is 396 g/mol. The normalized spacial score (nSPS) is 10.4. The lowest BCUT2D eigenvalue weighted by Crippen LogP contribution is -2.03. The topological polar surface area (TPSA) is 60.4 Å². The van der Waals surface area contributed by atoms with Crippen LogP contribution in [0.4, 0.5) is 0 Å². The van der Waals surface area contributed by atoms with Crippen molar-refractivity contribution >= 4 is 45.8 Å². The number of ether oxygens (including phenoxy) is 1. The van der Waals surface area contributed by atoms with E-state index in [-0.39, 0.29) is 10.2 Å². The van der Waals surface area contributed by atoms with Gasteiger partial charge in [-0.15, -0.1) is 0 Å². The zero-order chi connectivity index (χ0) is 19.6. The van der Waals surface area contributed by atoms with Crippen molar-refractivity contribution in [3.8, 4) is 5.75 Å². The summed E-state index contributed by atoms with van der Waals surface area (Å²) in [6.45, 7) is 6.84. The van der Waals surface area contributed by atoms with Crippen molar-refractivity contribution < 1.29 is 19.1 Å². The molecule has 0 radical (unpaired) electrons. The lowest BCUT2D eigenvalue weighted by atomic mass is 10.2. The van der Waals surface area contributed by atoms with Gasteiger partial charge in [-0.1, -0.05) is 25.3 Å². The quantitative estimate of drug-likeness (QED) is 0.287. The van der Waals surface area contributed by atoms with Gasteiger partial charge in [0.15, 0.2) is 0 Å². The number of rotatable bonds is 7. The fourth-order valence-electron chi connectivity index (χ4n) is 1.85. The minimum absolute atomic E-state index is 0.125. The summed E-state index contributed by atoms with van der Waals surface area (Å²) in [7, 11) is 0. The molecule has 0 heterocycles. The van der Waals surface area contributed by atoms with Crippen molar-refractivity contribution in [2.75, 3.05) is 0 Å². The third-order valence-corrected chi connectivity index (χ3v) is 4.86. The third-order valence-electron chi connectivity index (χ3n) is 3.10. The Bertz CT molecular complexity index is 881. The molecule has 4 nitrogen and oxygen atoms in total. The van der Waals surface area contributed by atoms with Crippen LogP contribution in [0.25, 0.3) is 6.08 Å². The SMILES string of the molecule is C=CC(=O)Sc1ccc(C=CC(=O)Oc2ccc(SC(=O)C=C)cc2)cc1. The van der Waals surface area contributed by atoms with Gasteiger partial charge in [-0.2, -0.15) is 0 Å². The Morgan fingerprint density at radius 2 is 1.26 bits per heavy atom. The molecule has 0 aromatic heterocycles. The number of thioether (sulfide) groups is 2. The highest BCUT2D eigenvalue weighted by Crippen LogP contribution is 2.23. The van der Waals surface area contributed by atoms with Gasteiger partial charge >= 0.3 is 5.97 Å². The van der Waals surface area contributed by atoms with Crippen LogP contribution in [0.3, 0.4) is 0 Å². The second kappa shape index (κ2) is 10.4. The fraction of sp³-hybridized carbons (Fsp3) is 0. The van der Waals surface area contributed by atoms with Crippen LogP contribution in [0.2, 0.25) is 0 Å². The molecule has 27 heavy (non-hydrogen) atoms. The number of esters is 1. The molecule has 0 saturated carbocycles. The molecule has 0 fully saturated rings. The average Bonchev–Trinajstić information content (AvgIpc) is 2.68. The molecule has 0 spiro atoms. The summed E-state index contributed by atoms with van der Waals surface area (Å²) in [5, 5.41) is -0.277. The maximum absolute atomic E-state index is 11.9. The molecular weight excluding hydrogens is 380 g/mol. The molecule has 0 N–H and O–H groups in total. The van der Waals surface area contributed by atoms with Gasteiger partial charge in [0.2, 0.25) is 10.2 Å². The highest BCUT2D eigenvalue weighted by atomic mass is 32.2. The van der Waals surface area contributed by atoms with E-state index in [9.17, 15) is 14.4 Å². The molecule has 0 atom stereocenters. The Hall–Kier alpha value is -2.83. The smallest absolute Gasteiger partial charge is 0.336 e. The van der Waals surface area contributed by atoms with E-state index in [1.165, 1.54) is 18.2 Å². The van der Waals surface area contributed by atoms with Crippen LogP contribution < -0.4 is 4.74 Å². The van der Waals surface area contributed by atoms with Crippen molar-refractivity contribution in [2.45, 2.75) is 9.79 Å². The molecule has 0 bridgehead atoms. The van der Waals surface area contributed by atoms with Crippen molar-refractivity contribution in [1.82, 2.24) is 0 Å². The first-order valence-electron chi connectivity index (χ1n) is 7.78. The maximum atomic E-state index is 11.9. The minimum atomic E-state index is -0.516. The summed E-state index contributed by atoms with van der Waals surface area (Å²) in [4.78, 5) is 36.0. The highest BCUT2D eigenvalue weighted by molar-refractivity contribution is 8.14. The second-order valence-electron chi connectivity index (χ2n) is 5.05. The Kier molecular flexibility index (Phi) is 7.85.